The Balaban J connectivity index is 2.19. The molecule has 1 radical (unpaired) electrons. The molecule has 29 valence electrons. The second-order valence-electron chi connectivity index (χ2n) is 0.557. The van der Waals surface area contributed by atoms with Crippen molar-refractivity contribution in [2.45, 2.75) is 0 Å². The molecule has 0 heterocycles. The van der Waals surface area contributed by atoms with E-state index >= 15 is 0 Å². The Bertz CT molecular complexity index is 17.1. The molecule has 0 atom stereocenters. The Morgan fingerprint density at radius 3 is 2.60 bits per heavy atom. The van der Waals surface area contributed by atoms with E-state index in [0.29, 0.717) is 0 Å². The summed E-state index contributed by atoms with van der Waals surface area (Å²) in [5.74, 6) is 0. The molecule has 0 fully saturated rings. The van der Waals surface area contributed by atoms with Crippen molar-refractivity contribution < 1.29 is 9.04 Å². The van der Waals surface area contributed by atoms with Crippen molar-refractivity contribution in [3.63, 3.8) is 0 Å². The van der Waals surface area contributed by atoms with Crippen molar-refractivity contribution in [2.75, 3.05) is 13.7 Å². The molecule has 0 aliphatic rings. The summed E-state index contributed by atoms with van der Waals surface area (Å²) >= 11 is 0. The summed E-state index contributed by atoms with van der Waals surface area (Å²) in [6, 6.07) is 0. The lowest BCUT2D eigenvalue weighted by Crippen LogP contribution is -1.93. The molecule has 3 heteroatoms. The molecule has 0 amide bonds. The molecule has 0 saturated heterocycles. The van der Waals surface area contributed by atoms with Crippen LogP contribution < -0.4 is 0 Å². The van der Waals surface area contributed by atoms with Crippen LogP contribution in [0.4, 0.5) is 4.39 Å². The van der Waals surface area contributed by atoms with Crippen molar-refractivity contribution in [3.05, 3.63) is 0 Å². The van der Waals surface area contributed by atoms with Gasteiger partial charge in [-0.15, -0.1) is 0 Å². The standard InChI is InChI=1S/C2H5BFO/c1-5-3-2-4/h2H2,1H3. The van der Waals surface area contributed by atoms with Gasteiger partial charge in [0, 0.05) is 7.11 Å². The molecular weight excluding hydrogens is 69.8 g/mol. The third-order valence-electron chi connectivity index (χ3n) is 0.230. The Morgan fingerprint density at radius 1 is 2.00 bits per heavy atom. The molecule has 0 aromatic carbocycles. The van der Waals surface area contributed by atoms with Crippen molar-refractivity contribution in [3.8, 4) is 0 Å². The van der Waals surface area contributed by atoms with Gasteiger partial charge >= 0.3 is 7.48 Å². The molecule has 0 aliphatic carbocycles. The van der Waals surface area contributed by atoms with Crippen LogP contribution in [-0.4, -0.2) is 21.2 Å². The Morgan fingerprint density at radius 2 is 2.60 bits per heavy atom. The third-order valence-corrected chi connectivity index (χ3v) is 0.230. The highest BCUT2D eigenvalue weighted by atomic mass is 19.1. The molecule has 0 bridgehead atoms. The van der Waals surface area contributed by atoms with Crippen LogP contribution in [0, 0.1) is 0 Å². The van der Waals surface area contributed by atoms with Crippen LogP contribution in [0.3, 0.4) is 0 Å². The van der Waals surface area contributed by atoms with Gasteiger partial charge in [0.2, 0.25) is 0 Å². The van der Waals surface area contributed by atoms with E-state index in [2.05, 4.69) is 4.65 Å². The van der Waals surface area contributed by atoms with Gasteiger partial charge in [0.15, 0.2) is 0 Å². The third kappa shape index (κ3) is 3.95. The molecule has 1 nitrogen and oxygen atoms in total. The quantitative estimate of drug-likeness (QED) is 0.425. The van der Waals surface area contributed by atoms with Crippen LogP contribution in [-0.2, 0) is 4.65 Å². The predicted octanol–water partition coefficient (Wildman–Crippen LogP) is 0.179. The van der Waals surface area contributed by atoms with Gasteiger partial charge in [-0.3, -0.25) is 4.39 Å². The Kier molecular flexibility index (Phi) is 3.92. The summed E-state index contributed by atoms with van der Waals surface area (Å²) in [5, 5.41) is 0. The number of hydrogen-bond donors (Lipinski definition) is 0. The minimum atomic E-state index is -0.503. The van der Waals surface area contributed by atoms with E-state index < -0.39 is 6.57 Å². The van der Waals surface area contributed by atoms with Crippen LogP contribution in [0.2, 0.25) is 0 Å². The molecule has 0 aromatic rings. The smallest absolute Gasteiger partial charge is 0.325 e. The summed E-state index contributed by atoms with van der Waals surface area (Å²) in [7, 11) is 2.50. The van der Waals surface area contributed by atoms with Crippen molar-refractivity contribution in [1.82, 2.24) is 0 Å². The average Bonchev–Trinajstić information content (AvgIpc) is 1.41. The highest BCUT2D eigenvalue weighted by Gasteiger charge is 1.78. The van der Waals surface area contributed by atoms with Gasteiger partial charge in [0.25, 0.3) is 0 Å². The predicted molar refractivity (Wildman–Crippen MR) is 18.7 cm³/mol. The fourth-order valence-corrected chi connectivity index (χ4v) is 0.0630. The van der Waals surface area contributed by atoms with Crippen LogP contribution in [0.15, 0.2) is 0 Å². The lowest BCUT2D eigenvalue weighted by molar-refractivity contribution is 0.419. The van der Waals surface area contributed by atoms with Crippen LogP contribution in [0.5, 0.6) is 0 Å². The van der Waals surface area contributed by atoms with Gasteiger partial charge in [-0.25, -0.2) is 0 Å². The lowest BCUT2D eigenvalue weighted by atomic mass is 10.1. The number of hydrogen-bond acceptors (Lipinski definition) is 1. The maximum absolute atomic E-state index is 10.8. The van der Waals surface area contributed by atoms with Crippen molar-refractivity contribution in [1.29, 1.82) is 0 Å². The molecule has 0 rings (SSSR count). The Labute approximate surface area is 31.4 Å². The first-order valence-electron chi connectivity index (χ1n) is 1.32. The number of rotatable bonds is 2. The highest BCUT2D eigenvalue weighted by Crippen LogP contribution is 1.59. The summed E-state index contributed by atoms with van der Waals surface area (Å²) in [5.41, 5.74) is 0. The fraction of sp³-hybridized carbons (Fsp3) is 1.00. The average molecular weight is 74.9 g/mol. The fourth-order valence-electron chi connectivity index (χ4n) is 0.0630. The summed E-state index contributed by atoms with van der Waals surface area (Å²) in [6.45, 7) is -0.503. The minimum Gasteiger partial charge on any atom is -0.440 e. The molecule has 0 unspecified atom stereocenters. The van der Waals surface area contributed by atoms with E-state index in [1.807, 2.05) is 0 Å². The zero-order valence-corrected chi connectivity index (χ0v) is 3.07. The minimum absolute atomic E-state index is 0.503. The first-order valence-corrected chi connectivity index (χ1v) is 1.32. The van der Waals surface area contributed by atoms with E-state index in [1.165, 1.54) is 7.11 Å². The van der Waals surface area contributed by atoms with Gasteiger partial charge in [0.1, 0.15) is 0 Å². The molecule has 0 aromatic heterocycles. The van der Waals surface area contributed by atoms with Gasteiger partial charge in [-0.1, -0.05) is 0 Å². The summed E-state index contributed by atoms with van der Waals surface area (Å²) < 4.78 is 15.0. The number of alkyl halides is 1. The molecule has 5 heavy (non-hydrogen) atoms. The SMILES string of the molecule is CO[B]CF. The zero-order valence-electron chi connectivity index (χ0n) is 3.07. The first kappa shape index (κ1) is 4.95. The summed E-state index contributed by atoms with van der Waals surface area (Å²) in [6.07, 6.45) is 0. The van der Waals surface area contributed by atoms with Crippen molar-refractivity contribution >= 4 is 7.48 Å². The van der Waals surface area contributed by atoms with E-state index in [-0.39, 0.29) is 0 Å². The second kappa shape index (κ2) is 3.95. The van der Waals surface area contributed by atoms with E-state index in [9.17, 15) is 4.39 Å². The topological polar surface area (TPSA) is 9.23 Å². The lowest BCUT2D eigenvalue weighted by Gasteiger charge is -1.78. The summed E-state index contributed by atoms with van der Waals surface area (Å²) in [4.78, 5) is 0. The Hall–Kier alpha value is -0.0451. The van der Waals surface area contributed by atoms with E-state index in [4.69, 9.17) is 0 Å². The monoisotopic (exact) mass is 75.0 g/mol. The van der Waals surface area contributed by atoms with Crippen LogP contribution in [0.25, 0.3) is 0 Å². The van der Waals surface area contributed by atoms with E-state index in [1.54, 1.807) is 0 Å². The molecule has 0 saturated carbocycles. The molecular formula is C2H5BFO. The first-order chi connectivity index (χ1) is 2.41. The van der Waals surface area contributed by atoms with Gasteiger partial charge in [-0.2, -0.15) is 0 Å². The largest absolute Gasteiger partial charge is 0.440 e. The maximum atomic E-state index is 10.8. The van der Waals surface area contributed by atoms with Crippen LogP contribution in [0.1, 0.15) is 0 Å². The highest BCUT2D eigenvalue weighted by molar-refractivity contribution is 6.26. The van der Waals surface area contributed by atoms with Gasteiger partial charge in [0.05, 0.1) is 6.57 Å². The normalized spacial score (nSPS) is 7.60. The van der Waals surface area contributed by atoms with Crippen LogP contribution >= 0.6 is 0 Å². The molecule has 0 spiro atoms. The second-order valence-corrected chi connectivity index (χ2v) is 0.557. The number of halogens is 1. The van der Waals surface area contributed by atoms with Crippen molar-refractivity contribution in [2.24, 2.45) is 0 Å². The van der Waals surface area contributed by atoms with Gasteiger partial charge < -0.3 is 4.65 Å². The van der Waals surface area contributed by atoms with Gasteiger partial charge in [-0.05, 0) is 0 Å². The molecule has 0 aliphatic heterocycles. The zero-order chi connectivity index (χ0) is 4.12. The van der Waals surface area contributed by atoms with E-state index in [0.717, 1.165) is 7.48 Å². The maximum Gasteiger partial charge on any atom is 0.325 e. The molecule has 0 N–H and O–H groups in total.